The molecule has 2 heterocycles. The minimum atomic E-state index is -0.0878. The van der Waals surface area contributed by atoms with Crippen LogP contribution in [0.4, 0.5) is 9.59 Å². The summed E-state index contributed by atoms with van der Waals surface area (Å²) >= 11 is 0. The van der Waals surface area contributed by atoms with Crippen LogP contribution < -0.4 is 5.32 Å². The largest absolute Gasteiger partial charge is 0.450 e. The van der Waals surface area contributed by atoms with Gasteiger partial charge in [-0.2, -0.15) is 0 Å². The van der Waals surface area contributed by atoms with Crippen LogP contribution in [0.5, 0.6) is 0 Å². The number of fused-ring (bicyclic) bond motifs is 2. The number of hydrogen-bond donors (Lipinski definition) is 1. The van der Waals surface area contributed by atoms with Crippen LogP contribution >= 0.6 is 0 Å². The van der Waals surface area contributed by atoms with E-state index in [0.717, 1.165) is 38.8 Å². The molecule has 1 aromatic carbocycles. The van der Waals surface area contributed by atoms with Crippen LogP contribution in [-0.4, -0.2) is 78.2 Å². The average molecular weight is 481 g/mol. The third-order valence-corrected chi connectivity index (χ3v) is 10.1. The molecule has 35 heavy (non-hydrogen) atoms. The second-order valence-electron chi connectivity index (χ2n) is 11.8. The lowest BCUT2D eigenvalue weighted by Crippen LogP contribution is -2.49. The van der Waals surface area contributed by atoms with E-state index in [4.69, 9.17) is 4.74 Å². The summed E-state index contributed by atoms with van der Waals surface area (Å²) in [5.74, 6) is 0.647. The van der Waals surface area contributed by atoms with Crippen LogP contribution in [0.3, 0.4) is 0 Å². The first-order valence-electron chi connectivity index (χ1n) is 13.7. The fraction of sp³-hybridized carbons (Fsp3) is 0.714. The number of hydrogen-bond acceptors (Lipinski definition) is 4. The van der Waals surface area contributed by atoms with Gasteiger partial charge in [-0.1, -0.05) is 24.3 Å². The lowest BCUT2D eigenvalue weighted by atomic mass is 9.63. The van der Waals surface area contributed by atoms with Crippen LogP contribution in [0.15, 0.2) is 24.3 Å². The Kier molecular flexibility index (Phi) is 5.55. The highest BCUT2D eigenvalue weighted by molar-refractivity contribution is 5.75. The quantitative estimate of drug-likeness (QED) is 0.656. The number of carbonyl (C=O) groups excluding carboxylic acids is 2. The van der Waals surface area contributed by atoms with E-state index in [1.54, 1.807) is 19.0 Å². The molecule has 190 valence electrons. The van der Waals surface area contributed by atoms with Gasteiger partial charge in [0.05, 0.1) is 24.2 Å². The van der Waals surface area contributed by atoms with Crippen molar-refractivity contribution >= 4 is 12.1 Å². The fourth-order valence-corrected chi connectivity index (χ4v) is 8.41. The van der Waals surface area contributed by atoms with Gasteiger partial charge < -0.3 is 19.9 Å². The van der Waals surface area contributed by atoms with E-state index in [-0.39, 0.29) is 29.1 Å². The van der Waals surface area contributed by atoms with Crippen molar-refractivity contribution in [1.29, 1.82) is 0 Å². The zero-order valence-corrected chi connectivity index (χ0v) is 21.5. The molecule has 5 aliphatic rings. The monoisotopic (exact) mass is 480 g/mol. The van der Waals surface area contributed by atoms with Gasteiger partial charge in [0.25, 0.3) is 0 Å². The van der Waals surface area contributed by atoms with Crippen molar-refractivity contribution < 1.29 is 14.3 Å². The molecule has 2 saturated heterocycles. The van der Waals surface area contributed by atoms with E-state index in [9.17, 15) is 9.59 Å². The van der Waals surface area contributed by atoms with Crippen molar-refractivity contribution in [2.24, 2.45) is 5.92 Å². The molecule has 4 fully saturated rings. The van der Waals surface area contributed by atoms with Gasteiger partial charge in [-0.3, -0.25) is 4.90 Å². The van der Waals surface area contributed by atoms with Crippen molar-refractivity contribution in [2.75, 3.05) is 33.8 Å². The first kappa shape index (κ1) is 23.1. The van der Waals surface area contributed by atoms with E-state index in [2.05, 4.69) is 39.4 Å². The van der Waals surface area contributed by atoms with Crippen molar-refractivity contribution in [2.45, 2.75) is 87.4 Å². The van der Waals surface area contributed by atoms with Crippen LogP contribution in [0.2, 0.25) is 0 Å². The van der Waals surface area contributed by atoms with Crippen LogP contribution in [0, 0.1) is 5.92 Å². The van der Waals surface area contributed by atoms with E-state index in [1.807, 2.05) is 6.92 Å². The number of benzene rings is 1. The van der Waals surface area contributed by atoms with Gasteiger partial charge in [-0.25, -0.2) is 9.59 Å². The molecule has 3 amide bonds. The number of urea groups is 1. The minimum Gasteiger partial charge on any atom is -0.450 e. The topological polar surface area (TPSA) is 64.9 Å². The maximum atomic E-state index is 12.6. The van der Waals surface area contributed by atoms with E-state index in [0.29, 0.717) is 24.6 Å². The highest BCUT2D eigenvalue weighted by atomic mass is 16.6. The molecule has 1 N–H and O–H groups in total. The molecule has 2 saturated carbocycles. The highest BCUT2D eigenvalue weighted by Crippen LogP contribution is 2.65. The molecule has 7 heteroatoms. The van der Waals surface area contributed by atoms with Gasteiger partial charge in [0.15, 0.2) is 0 Å². The average Bonchev–Trinajstić information content (AvgIpc) is 3.12. The van der Waals surface area contributed by atoms with Crippen LogP contribution in [0.25, 0.3) is 0 Å². The Morgan fingerprint density at radius 1 is 1.11 bits per heavy atom. The molecule has 2 aliphatic heterocycles. The van der Waals surface area contributed by atoms with Crippen molar-refractivity contribution in [3.8, 4) is 0 Å². The molecule has 3 aliphatic carbocycles. The Labute approximate surface area is 209 Å². The molecular formula is C28H40N4O3. The SMILES string of the molecule is CCOC(=O)N1C2CCC3CC(N4CCC5(CC[C@H](NC(=O)N(C)C)c6ccccc65)CC4)CC321. The second-order valence-corrected chi connectivity index (χ2v) is 11.8. The molecule has 5 atom stereocenters. The molecule has 7 nitrogen and oxygen atoms in total. The number of ether oxygens (including phenoxy) is 1. The Hall–Kier alpha value is -2.28. The van der Waals surface area contributed by atoms with Crippen LogP contribution in [0.1, 0.15) is 75.5 Å². The number of amides is 3. The van der Waals surface area contributed by atoms with Crippen molar-refractivity contribution in [3.05, 3.63) is 35.4 Å². The summed E-state index contributed by atoms with van der Waals surface area (Å²) in [6, 6.07) is 9.90. The van der Waals surface area contributed by atoms with Gasteiger partial charge in [0.1, 0.15) is 0 Å². The number of rotatable bonds is 3. The molecular weight excluding hydrogens is 440 g/mol. The fourth-order valence-electron chi connectivity index (χ4n) is 8.41. The number of nitrogens with one attached hydrogen (secondary N) is 1. The van der Waals surface area contributed by atoms with E-state index < -0.39 is 0 Å². The number of piperidine rings is 2. The van der Waals surface area contributed by atoms with Gasteiger partial charge in [0, 0.05) is 20.1 Å². The molecule has 1 aromatic rings. The van der Waals surface area contributed by atoms with Gasteiger partial charge in [-0.15, -0.1) is 0 Å². The Morgan fingerprint density at radius 3 is 2.63 bits per heavy atom. The second kappa shape index (κ2) is 8.39. The zero-order chi connectivity index (χ0) is 24.4. The summed E-state index contributed by atoms with van der Waals surface area (Å²) in [5.41, 5.74) is 3.08. The Balaban J connectivity index is 1.14. The van der Waals surface area contributed by atoms with Crippen LogP contribution in [-0.2, 0) is 10.2 Å². The van der Waals surface area contributed by atoms with Crippen molar-refractivity contribution in [3.63, 3.8) is 0 Å². The third-order valence-electron chi connectivity index (χ3n) is 10.1. The van der Waals surface area contributed by atoms with Crippen molar-refractivity contribution in [1.82, 2.24) is 20.0 Å². The zero-order valence-electron chi connectivity index (χ0n) is 21.5. The maximum absolute atomic E-state index is 12.6. The highest BCUT2D eigenvalue weighted by Gasteiger charge is 2.75. The number of likely N-dealkylation sites (tertiary alicyclic amines) is 2. The van der Waals surface area contributed by atoms with E-state index in [1.165, 1.54) is 36.8 Å². The van der Waals surface area contributed by atoms with Gasteiger partial charge in [-0.05, 0) is 93.8 Å². The molecule has 0 radical (unpaired) electrons. The number of nitrogens with zero attached hydrogens (tertiary/aromatic N) is 3. The summed E-state index contributed by atoms with van der Waals surface area (Å²) in [6.45, 7) is 4.61. The molecule has 0 aromatic heterocycles. The number of carbonyl (C=O) groups is 2. The normalized spacial score (nSPS) is 34.7. The Morgan fingerprint density at radius 2 is 1.89 bits per heavy atom. The maximum Gasteiger partial charge on any atom is 0.410 e. The van der Waals surface area contributed by atoms with Gasteiger partial charge >= 0.3 is 12.1 Å². The minimum absolute atomic E-state index is 0.0167. The first-order valence-corrected chi connectivity index (χ1v) is 13.7. The summed E-state index contributed by atoms with van der Waals surface area (Å²) in [7, 11) is 3.60. The summed E-state index contributed by atoms with van der Waals surface area (Å²) in [6.07, 6.45) is 9.18. The first-order chi connectivity index (χ1) is 16.9. The summed E-state index contributed by atoms with van der Waals surface area (Å²) in [4.78, 5) is 31.4. The predicted octanol–water partition coefficient (Wildman–Crippen LogP) is 4.28. The third kappa shape index (κ3) is 3.48. The molecule has 0 bridgehead atoms. The Bertz CT molecular complexity index is 1000. The summed E-state index contributed by atoms with van der Waals surface area (Å²) in [5, 5.41) is 3.24. The van der Waals surface area contributed by atoms with Gasteiger partial charge in [0.2, 0.25) is 0 Å². The predicted molar refractivity (Wildman–Crippen MR) is 134 cm³/mol. The lowest BCUT2D eigenvalue weighted by Gasteiger charge is -2.48. The van der Waals surface area contributed by atoms with E-state index >= 15 is 0 Å². The molecule has 4 unspecified atom stereocenters. The lowest BCUT2D eigenvalue weighted by molar-refractivity contribution is 0.0991. The smallest absolute Gasteiger partial charge is 0.410 e. The summed E-state index contributed by atoms with van der Waals surface area (Å²) < 4.78 is 5.38. The standard InChI is InChI=1S/C28H40N4O3/c1-4-35-26(34)32-24-10-9-19-17-20(18-28(19,24)32)31-15-13-27(14-16-31)12-11-23(29-25(33)30(2)3)21-7-5-6-8-22(21)27/h5-8,19-20,23-24H,4,9-18H2,1-3H3,(H,29,33)/t19?,20?,23-,24?,28?,32?/m0/s1. The molecule has 2 spiro atoms. The molecule has 6 rings (SSSR count).